The van der Waals surface area contributed by atoms with Crippen LogP contribution in [0.4, 0.5) is 0 Å². The second-order valence-electron chi connectivity index (χ2n) is 8.43. The van der Waals surface area contributed by atoms with E-state index in [1.165, 1.54) is 5.56 Å². The molecule has 0 aliphatic heterocycles. The Hall–Kier alpha value is -3.46. The Bertz CT molecular complexity index is 1290. The average molecular weight is 393 g/mol. The zero-order chi connectivity index (χ0) is 20.9. The van der Waals surface area contributed by atoms with Crippen LogP contribution in [0.15, 0.2) is 72.9 Å². The van der Waals surface area contributed by atoms with Crippen molar-refractivity contribution in [1.82, 2.24) is 4.98 Å². The van der Waals surface area contributed by atoms with E-state index in [0.29, 0.717) is 11.1 Å². The summed E-state index contributed by atoms with van der Waals surface area (Å²) in [5, 5.41) is 1.76. The van der Waals surface area contributed by atoms with E-state index in [-0.39, 0.29) is 11.2 Å². The summed E-state index contributed by atoms with van der Waals surface area (Å²) in [5.74, 6) is 1.54. The molecule has 5 rings (SSSR count). The molecule has 30 heavy (non-hydrogen) atoms. The molecule has 0 fully saturated rings. The molecular formula is C27H23NO2. The van der Waals surface area contributed by atoms with Crippen LogP contribution in [0.1, 0.15) is 48.7 Å². The van der Waals surface area contributed by atoms with Gasteiger partial charge in [-0.15, -0.1) is 0 Å². The van der Waals surface area contributed by atoms with Gasteiger partial charge >= 0.3 is 0 Å². The van der Waals surface area contributed by atoms with Crippen molar-refractivity contribution in [3.63, 3.8) is 0 Å². The van der Waals surface area contributed by atoms with Crippen molar-refractivity contribution < 1.29 is 9.53 Å². The molecule has 3 aromatic carbocycles. The normalized spacial score (nSPS) is 12.7. The van der Waals surface area contributed by atoms with Gasteiger partial charge in [-0.2, -0.15) is 0 Å². The molecule has 0 atom stereocenters. The number of hydrogen-bond acceptors (Lipinski definition) is 3. The molecule has 0 spiro atoms. The van der Waals surface area contributed by atoms with Gasteiger partial charge in [-0.25, -0.2) is 0 Å². The van der Waals surface area contributed by atoms with Crippen LogP contribution in [-0.4, -0.2) is 10.8 Å². The number of nitrogens with zero attached hydrogens (tertiary/aromatic N) is 1. The summed E-state index contributed by atoms with van der Waals surface area (Å²) in [6, 6.07) is 21.6. The van der Waals surface area contributed by atoms with Gasteiger partial charge in [0.25, 0.3) is 0 Å². The maximum atomic E-state index is 13.1. The third kappa shape index (κ3) is 2.81. The minimum atomic E-state index is 0.0359. The SMILES string of the molecule is CCC(C)(C)c1ccc(Oc2ccc3c4c(nccc24)-c2ccccc2C3=O)cc1. The molecule has 0 saturated carbocycles. The molecule has 1 heterocycles. The Morgan fingerprint density at radius 2 is 1.60 bits per heavy atom. The molecule has 1 aromatic heterocycles. The van der Waals surface area contributed by atoms with Crippen LogP contribution in [0.25, 0.3) is 22.0 Å². The number of fused-ring (bicyclic) bond motifs is 2. The molecular weight excluding hydrogens is 370 g/mol. The van der Waals surface area contributed by atoms with Gasteiger partial charge in [-0.1, -0.05) is 57.2 Å². The van der Waals surface area contributed by atoms with E-state index in [9.17, 15) is 4.79 Å². The minimum Gasteiger partial charge on any atom is -0.457 e. The summed E-state index contributed by atoms with van der Waals surface area (Å²) >= 11 is 0. The topological polar surface area (TPSA) is 39.2 Å². The minimum absolute atomic E-state index is 0.0359. The molecule has 0 bridgehead atoms. The predicted octanol–water partition coefficient (Wildman–Crippen LogP) is 6.93. The first-order chi connectivity index (χ1) is 14.5. The van der Waals surface area contributed by atoms with Crippen molar-refractivity contribution >= 4 is 16.6 Å². The van der Waals surface area contributed by atoms with Crippen LogP contribution in [0, 0.1) is 0 Å². The molecule has 3 nitrogen and oxygen atoms in total. The van der Waals surface area contributed by atoms with Gasteiger partial charge in [0.15, 0.2) is 5.78 Å². The number of carbonyl (C=O) groups excluding carboxylic acids is 1. The molecule has 0 radical (unpaired) electrons. The smallest absolute Gasteiger partial charge is 0.194 e. The van der Waals surface area contributed by atoms with Crippen molar-refractivity contribution in [2.24, 2.45) is 0 Å². The van der Waals surface area contributed by atoms with E-state index in [4.69, 9.17) is 4.74 Å². The van der Waals surface area contributed by atoms with E-state index >= 15 is 0 Å². The molecule has 0 amide bonds. The Kier molecular flexibility index (Phi) is 4.21. The summed E-state index contributed by atoms with van der Waals surface area (Å²) < 4.78 is 6.26. The number of carbonyl (C=O) groups is 1. The highest BCUT2D eigenvalue weighted by molar-refractivity contribution is 6.25. The van der Waals surface area contributed by atoms with E-state index in [0.717, 1.165) is 39.9 Å². The maximum Gasteiger partial charge on any atom is 0.194 e. The zero-order valence-corrected chi connectivity index (χ0v) is 17.4. The highest BCUT2D eigenvalue weighted by Crippen LogP contribution is 2.42. The van der Waals surface area contributed by atoms with Crippen molar-refractivity contribution in [3.8, 4) is 22.8 Å². The highest BCUT2D eigenvalue weighted by Gasteiger charge is 2.27. The molecule has 1 aliphatic rings. The first kappa shape index (κ1) is 18.6. The summed E-state index contributed by atoms with van der Waals surface area (Å²) in [7, 11) is 0. The summed E-state index contributed by atoms with van der Waals surface area (Å²) in [6.45, 7) is 6.70. The standard InChI is InChI=1S/C27H23NO2/c1-4-27(2,3)17-9-11-18(12-10-17)30-23-14-13-22-24-21(23)15-16-28-25(24)19-7-5-6-8-20(19)26(22)29/h5-16H,4H2,1-3H3. The fraction of sp³-hybridized carbons (Fsp3) is 0.185. The average Bonchev–Trinajstić information content (AvgIpc) is 2.78. The van der Waals surface area contributed by atoms with E-state index in [1.807, 2.05) is 54.6 Å². The second-order valence-corrected chi connectivity index (χ2v) is 8.43. The largest absolute Gasteiger partial charge is 0.457 e. The number of aromatic nitrogens is 1. The maximum absolute atomic E-state index is 13.1. The van der Waals surface area contributed by atoms with Crippen molar-refractivity contribution in [2.75, 3.05) is 0 Å². The molecule has 4 aromatic rings. The quantitative estimate of drug-likeness (QED) is 0.332. The van der Waals surface area contributed by atoms with Gasteiger partial charge in [0.05, 0.1) is 5.69 Å². The second kappa shape index (κ2) is 6.81. The Balaban J connectivity index is 1.60. The molecule has 0 N–H and O–H groups in total. The first-order valence-corrected chi connectivity index (χ1v) is 10.3. The number of hydrogen-bond donors (Lipinski definition) is 0. The third-order valence-electron chi connectivity index (χ3n) is 6.31. The van der Waals surface area contributed by atoms with Gasteiger partial charge in [0.1, 0.15) is 11.5 Å². The van der Waals surface area contributed by atoms with Crippen molar-refractivity contribution in [3.05, 3.63) is 89.6 Å². The number of benzene rings is 3. The van der Waals surface area contributed by atoms with Crippen LogP contribution in [-0.2, 0) is 5.41 Å². The molecule has 0 unspecified atom stereocenters. The molecule has 148 valence electrons. The first-order valence-electron chi connectivity index (χ1n) is 10.3. The lowest BCUT2D eigenvalue weighted by atomic mass is 9.82. The summed E-state index contributed by atoms with van der Waals surface area (Å²) in [6.07, 6.45) is 2.86. The molecule has 1 aliphatic carbocycles. The third-order valence-corrected chi connectivity index (χ3v) is 6.31. The van der Waals surface area contributed by atoms with E-state index in [2.05, 4.69) is 37.9 Å². The summed E-state index contributed by atoms with van der Waals surface area (Å²) in [5.41, 5.74) is 4.53. The molecule has 3 heteroatoms. The lowest BCUT2D eigenvalue weighted by molar-refractivity contribution is 0.104. The number of ether oxygens (including phenoxy) is 1. The fourth-order valence-corrected chi connectivity index (χ4v) is 4.09. The summed E-state index contributed by atoms with van der Waals surface area (Å²) in [4.78, 5) is 17.7. The number of pyridine rings is 1. The van der Waals surface area contributed by atoms with Crippen LogP contribution < -0.4 is 4.74 Å². The van der Waals surface area contributed by atoms with Gasteiger partial charge in [0, 0.05) is 33.7 Å². The lowest BCUT2D eigenvalue weighted by Crippen LogP contribution is -2.14. The molecule has 0 saturated heterocycles. The zero-order valence-electron chi connectivity index (χ0n) is 17.4. The monoisotopic (exact) mass is 393 g/mol. The Morgan fingerprint density at radius 3 is 2.33 bits per heavy atom. The van der Waals surface area contributed by atoms with Crippen LogP contribution in [0.2, 0.25) is 0 Å². The van der Waals surface area contributed by atoms with E-state index < -0.39 is 0 Å². The Morgan fingerprint density at radius 1 is 0.867 bits per heavy atom. The van der Waals surface area contributed by atoms with Crippen molar-refractivity contribution in [1.29, 1.82) is 0 Å². The van der Waals surface area contributed by atoms with Crippen molar-refractivity contribution in [2.45, 2.75) is 32.6 Å². The van der Waals surface area contributed by atoms with Crippen LogP contribution in [0.3, 0.4) is 0 Å². The van der Waals surface area contributed by atoms with Gasteiger partial charge in [-0.3, -0.25) is 9.78 Å². The van der Waals surface area contributed by atoms with Gasteiger partial charge in [0.2, 0.25) is 0 Å². The predicted molar refractivity (Wildman–Crippen MR) is 120 cm³/mol. The van der Waals surface area contributed by atoms with E-state index in [1.54, 1.807) is 6.20 Å². The Labute approximate surface area is 176 Å². The van der Waals surface area contributed by atoms with Gasteiger partial charge in [-0.05, 0) is 47.7 Å². The fourth-order valence-electron chi connectivity index (χ4n) is 4.09. The highest BCUT2D eigenvalue weighted by atomic mass is 16.5. The van der Waals surface area contributed by atoms with Gasteiger partial charge < -0.3 is 4.74 Å². The lowest BCUT2D eigenvalue weighted by Gasteiger charge is -2.23. The number of ketones is 1. The number of rotatable bonds is 4. The van der Waals surface area contributed by atoms with Crippen LogP contribution >= 0.6 is 0 Å². The van der Waals surface area contributed by atoms with Crippen LogP contribution in [0.5, 0.6) is 11.5 Å².